The Bertz CT molecular complexity index is 1770. The first-order valence-corrected chi connectivity index (χ1v) is 22.2. The summed E-state index contributed by atoms with van der Waals surface area (Å²) in [5.74, 6) is 0. The third kappa shape index (κ3) is 15.2. The fourth-order valence-electron chi connectivity index (χ4n) is 6.68. The molecule has 10 nitrogen and oxygen atoms in total. The molecular formula is C43H50BF4O10P2Rh-. The van der Waals surface area contributed by atoms with Gasteiger partial charge in [-0.05, 0) is 44.2 Å². The van der Waals surface area contributed by atoms with Crippen molar-refractivity contribution in [3.8, 4) is 0 Å². The summed E-state index contributed by atoms with van der Waals surface area (Å²) in [5, 5.41) is 68.1. The number of aliphatic hydroxyl groups is 6. The minimum atomic E-state index is -6.00. The van der Waals surface area contributed by atoms with E-state index in [1.165, 1.54) is 25.7 Å². The van der Waals surface area contributed by atoms with Crippen LogP contribution in [0.5, 0.6) is 0 Å². The van der Waals surface area contributed by atoms with Crippen molar-refractivity contribution in [1.29, 1.82) is 0 Å². The molecule has 333 valence electrons. The molecule has 4 aromatic carbocycles. The van der Waals surface area contributed by atoms with Crippen molar-refractivity contribution in [2.75, 3.05) is 6.61 Å². The Morgan fingerprint density at radius 1 is 0.541 bits per heavy atom. The quantitative estimate of drug-likeness (QED) is 0.0568. The van der Waals surface area contributed by atoms with Crippen molar-refractivity contribution in [2.24, 2.45) is 0 Å². The molecule has 0 amide bonds. The van der Waals surface area contributed by atoms with E-state index < -0.39 is 91.1 Å². The van der Waals surface area contributed by atoms with E-state index in [0.29, 0.717) is 0 Å². The fraction of sp³-hybridized carbons (Fsp3) is 0.349. The molecule has 2 heterocycles. The van der Waals surface area contributed by atoms with Gasteiger partial charge in [0, 0.05) is 30.1 Å². The number of aliphatic hydroxyl groups excluding tert-OH is 6. The van der Waals surface area contributed by atoms with Gasteiger partial charge in [0.25, 0.3) is 0 Å². The molecule has 0 aromatic heterocycles. The molecule has 7 rings (SSSR count). The maximum atomic E-state index is 11.7. The summed E-state index contributed by atoms with van der Waals surface area (Å²) in [5.41, 5.74) is -0.807. The molecule has 6 N–H and O–H groups in total. The molecule has 3 aliphatic rings. The number of halogens is 4. The maximum Gasteiger partial charge on any atom is 0.673 e. The Morgan fingerprint density at radius 2 is 0.934 bits per heavy atom. The van der Waals surface area contributed by atoms with Crippen LogP contribution in [0.1, 0.15) is 25.7 Å². The standard InChI is InChI=1S/C35H38O10P2.C8H12.BF4.Rh/c36-21-26-27(37)28(38)29(39)34(42-26)44-35-32(46(22-13-5-1-6-14-22)23-15-7-2-8-16-23)31(30(40)33(41)43-35)45-47(24-17-9-3-10-18-24)25-19-11-4-12-20-25;1-2-4-6-8-7-5-3-1;2-1(3,4)5;/h1-20,26-41H,21H2;1-2,7-8H,3-6H2;;/q;;-1;/b;2-1-,8-7-;;/t26-,27-,28+,29-,30+,31-,32+,33+,34-,35-;;;/m1.../s1. The Morgan fingerprint density at radius 3 is 1.33 bits per heavy atom. The second kappa shape index (κ2) is 25.5. The summed E-state index contributed by atoms with van der Waals surface area (Å²) in [4.78, 5) is 0. The molecule has 0 bridgehead atoms. The minimum Gasteiger partial charge on any atom is -0.418 e. The van der Waals surface area contributed by atoms with E-state index in [9.17, 15) is 47.9 Å². The van der Waals surface area contributed by atoms with E-state index in [1.807, 2.05) is 121 Å². The van der Waals surface area contributed by atoms with E-state index in [2.05, 4.69) is 24.3 Å². The van der Waals surface area contributed by atoms with Crippen LogP contribution in [0.3, 0.4) is 0 Å². The van der Waals surface area contributed by atoms with Gasteiger partial charge in [-0.2, -0.15) is 0 Å². The number of rotatable bonds is 10. The first-order chi connectivity index (χ1) is 28.9. The van der Waals surface area contributed by atoms with E-state index in [1.54, 1.807) is 0 Å². The summed E-state index contributed by atoms with van der Waals surface area (Å²) in [6.07, 6.45) is 0.525. The number of allylic oxidation sites excluding steroid dienone is 4. The molecule has 1 aliphatic carbocycles. The van der Waals surface area contributed by atoms with E-state index >= 15 is 0 Å². The van der Waals surface area contributed by atoms with Crippen LogP contribution in [-0.4, -0.2) is 106 Å². The largest absolute Gasteiger partial charge is 0.673 e. The van der Waals surface area contributed by atoms with Gasteiger partial charge in [0.15, 0.2) is 18.9 Å². The second-order valence-electron chi connectivity index (χ2n) is 13.9. The number of benzene rings is 4. The molecule has 2 fully saturated rings. The van der Waals surface area contributed by atoms with Crippen LogP contribution in [-0.2, 0) is 38.2 Å². The summed E-state index contributed by atoms with van der Waals surface area (Å²) in [6, 6.07) is 38.6. The van der Waals surface area contributed by atoms with Crippen molar-refractivity contribution >= 4 is 44.5 Å². The van der Waals surface area contributed by atoms with Gasteiger partial charge in [-0.3, -0.25) is 0 Å². The van der Waals surface area contributed by atoms with Gasteiger partial charge in [-0.25, -0.2) is 0 Å². The van der Waals surface area contributed by atoms with Gasteiger partial charge in [-0.1, -0.05) is 146 Å². The molecular weight excluding hydrogens is 928 g/mol. The zero-order chi connectivity index (χ0) is 43.1. The van der Waals surface area contributed by atoms with Crippen LogP contribution in [0.15, 0.2) is 146 Å². The van der Waals surface area contributed by atoms with Crippen LogP contribution in [0.25, 0.3) is 0 Å². The van der Waals surface area contributed by atoms with Crippen LogP contribution < -0.4 is 21.2 Å². The molecule has 10 atom stereocenters. The van der Waals surface area contributed by atoms with Crippen molar-refractivity contribution in [1.82, 2.24) is 0 Å². The van der Waals surface area contributed by atoms with Crippen LogP contribution in [0, 0.1) is 0 Å². The van der Waals surface area contributed by atoms with Crippen LogP contribution in [0.2, 0.25) is 0 Å². The van der Waals surface area contributed by atoms with E-state index in [-0.39, 0.29) is 19.5 Å². The summed E-state index contributed by atoms with van der Waals surface area (Å²) in [6.45, 7) is -0.647. The van der Waals surface area contributed by atoms with Crippen molar-refractivity contribution < 1.29 is 86.1 Å². The van der Waals surface area contributed by atoms with Crippen molar-refractivity contribution in [2.45, 2.75) is 86.8 Å². The van der Waals surface area contributed by atoms with Crippen molar-refractivity contribution in [3.63, 3.8) is 0 Å². The predicted molar refractivity (Wildman–Crippen MR) is 225 cm³/mol. The molecule has 4 aromatic rings. The van der Waals surface area contributed by atoms with Crippen LogP contribution in [0.4, 0.5) is 17.3 Å². The van der Waals surface area contributed by atoms with Gasteiger partial charge in [-0.15, -0.1) is 0 Å². The molecule has 18 heteroatoms. The predicted octanol–water partition coefficient (Wildman–Crippen LogP) is 4.74. The first kappa shape index (κ1) is 50.9. The Balaban J connectivity index is 0.000000504. The van der Waals surface area contributed by atoms with Gasteiger partial charge < -0.3 is 66.6 Å². The van der Waals surface area contributed by atoms with Crippen molar-refractivity contribution in [3.05, 3.63) is 146 Å². The third-order valence-corrected chi connectivity index (χ3v) is 14.4. The maximum absolute atomic E-state index is 11.7. The van der Waals surface area contributed by atoms with Gasteiger partial charge in [0.1, 0.15) is 36.6 Å². The summed E-state index contributed by atoms with van der Waals surface area (Å²) < 4.78 is 63.9. The average molecular weight is 979 g/mol. The molecule has 1 radical (unpaired) electrons. The van der Waals surface area contributed by atoms with E-state index in [4.69, 9.17) is 18.7 Å². The molecule has 2 aliphatic heterocycles. The molecule has 2 saturated heterocycles. The van der Waals surface area contributed by atoms with Gasteiger partial charge in [0.05, 0.1) is 20.4 Å². The fourth-order valence-corrected chi connectivity index (χ4v) is 11.6. The smallest absolute Gasteiger partial charge is 0.418 e. The second-order valence-corrected chi connectivity index (χ2v) is 18.1. The zero-order valence-corrected chi connectivity index (χ0v) is 36.2. The van der Waals surface area contributed by atoms with Gasteiger partial charge in [0.2, 0.25) is 0 Å². The SMILES string of the molecule is C1=C\CC/C=C\CC/1.F[B-](F)(F)F.OC[C@H]1O[C@H](O[C@H]2O[C@H](O)[C@@H](O)[C@@H](OP(c3ccccc3)c3ccccc3)[C@@H]2P(c2ccccc2)c2ccccc2)[C@H](O)[C@@H](O)[C@@H]1O.[Rh]. The monoisotopic (exact) mass is 978 g/mol. The van der Waals surface area contributed by atoms with Gasteiger partial charge >= 0.3 is 7.25 Å². The molecule has 0 spiro atoms. The Labute approximate surface area is 368 Å². The molecule has 61 heavy (non-hydrogen) atoms. The molecule has 0 saturated carbocycles. The first-order valence-electron chi connectivity index (χ1n) is 19.5. The normalized spacial score (nSPS) is 28.7. The number of hydrogen-bond acceptors (Lipinski definition) is 10. The summed E-state index contributed by atoms with van der Waals surface area (Å²) in [7, 11) is -9.01. The Hall–Kier alpha value is -2.77. The Kier molecular flexibility index (Phi) is 21.3. The van der Waals surface area contributed by atoms with E-state index in [0.717, 1.165) is 21.2 Å². The topological polar surface area (TPSA) is 158 Å². The zero-order valence-electron chi connectivity index (χ0n) is 32.8. The number of hydrogen-bond donors (Lipinski definition) is 6. The average Bonchev–Trinajstić information content (AvgIpc) is 3.23. The third-order valence-electron chi connectivity index (χ3n) is 9.54. The minimum absolute atomic E-state index is 0. The van der Waals surface area contributed by atoms with Crippen LogP contribution >= 0.6 is 16.1 Å². The summed E-state index contributed by atoms with van der Waals surface area (Å²) >= 11 is 0. The number of ether oxygens (including phenoxy) is 3. The molecule has 0 unspecified atom stereocenters.